The Morgan fingerprint density at radius 2 is 1.93 bits per heavy atom. The highest BCUT2D eigenvalue weighted by molar-refractivity contribution is 5.83. The summed E-state index contributed by atoms with van der Waals surface area (Å²) in [6.07, 6.45) is 2.80. The largest absolute Gasteiger partial charge is 0.354 e. The highest BCUT2D eigenvalue weighted by atomic mass is 16.1. The van der Waals surface area contributed by atoms with Gasteiger partial charge in [-0.05, 0) is 55.8 Å². The van der Waals surface area contributed by atoms with Crippen LogP contribution in [0.15, 0.2) is 65.6 Å². The predicted octanol–water partition coefficient (Wildman–Crippen LogP) is 3.13. The molecule has 2 aromatic heterocycles. The molecule has 6 nitrogen and oxygen atoms in total. The quantitative estimate of drug-likeness (QED) is 0.425. The first-order chi connectivity index (χ1) is 14.2. The second-order valence-electron chi connectivity index (χ2n) is 7.18. The van der Waals surface area contributed by atoms with Crippen molar-refractivity contribution in [3.63, 3.8) is 0 Å². The van der Waals surface area contributed by atoms with Crippen LogP contribution in [-0.4, -0.2) is 27.6 Å². The van der Waals surface area contributed by atoms with Gasteiger partial charge in [0.25, 0.3) is 0 Å². The van der Waals surface area contributed by atoms with Crippen molar-refractivity contribution in [2.24, 2.45) is 5.73 Å². The molecule has 0 amide bonds. The normalized spacial score (nSPS) is 11.2. The summed E-state index contributed by atoms with van der Waals surface area (Å²) in [5, 5.41) is 4.25. The number of nitrogens with two attached hydrogens (primary N) is 1. The Morgan fingerprint density at radius 1 is 1.14 bits per heavy atom. The Bertz CT molecular complexity index is 1170. The van der Waals surface area contributed by atoms with Crippen molar-refractivity contribution in [2.45, 2.75) is 19.9 Å². The highest BCUT2D eigenvalue weighted by Gasteiger charge is 2.10. The standard InChI is InChI=1S/C23H25N5O/c1-16-5-2-3-6-20(16)21-13-18-15-28(23(29)27-22(18)26-21)19-9-7-17(8-10-19)14-25-12-4-11-24/h2-3,5-10,13,15,25H,4,11-12,14,24H2,1H3,(H,26,27,29). The zero-order valence-electron chi connectivity index (χ0n) is 16.5. The van der Waals surface area contributed by atoms with E-state index < -0.39 is 0 Å². The maximum atomic E-state index is 12.6. The fraction of sp³-hybridized carbons (Fsp3) is 0.217. The molecule has 0 aliphatic carbocycles. The van der Waals surface area contributed by atoms with Gasteiger partial charge >= 0.3 is 5.69 Å². The molecule has 0 radical (unpaired) electrons. The van der Waals surface area contributed by atoms with Gasteiger partial charge in [-0.25, -0.2) is 4.79 Å². The summed E-state index contributed by atoms with van der Waals surface area (Å²) in [5.41, 5.74) is 11.0. The fourth-order valence-electron chi connectivity index (χ4n) is 3.43. The van der Waals surface area contributed by atoms with Crippen LogP contribution in [0.5, 0.6) is 0 Å². The first kappa shape index (κ1) is 19.1. The summed E-state index contributed by atoms with van der Waals surface area (Å²) in [6, 6.07) is 18.1. The van der Waals surface area contributed by atoms with Crippen LogP contribution >= 0.6 is 0 Å². The zero-order chi connectivity index (χ0) is 20.2. The average Bonchev–Trinajstić information content (AvgIpc) is 3.14. The fourth-order valence-corrected chi connectivity index (χ4v) is 3.43. The number of hydrogen-bond acceptors (Lipinski definition) is 4. The van der Waals surface area contributed by atoms with Crippen LogP contribution in [-0.2, 0) is 6.54 Å². The monoisotopic (exact) mass is 387 g/mol. The molecule has 2 heterocycles. The molecule has 4 N–H and O–H groups in total. The Balaban J connectivity index is 1.62. The van der Waals surface area contributed by atoms with Crippen LogP contribution in [0.3, 0.4) is 0 Å². The minimum Gasteiger partial charge on any atom is -0.339 e. The van der Waals surface area contributed by atoms with E-state index in [9.17, 15) is 4.79 Å². The number of H-pyrrole nitrogens is 1. The predicted molar refractivity (Wildman–Crippen MR) is 117 cm³/mol. The van der Waals surface area contributed by atoms with E-state index in [0.29, 0.717) is 12.2 Å². The maximum absolute atomic E-state index is 12.6. The lowest BCUT2D eigenvalue weighted by atomic mass is 10.1. The highest BCUT2D eigenvalue weighted by Crippen LogP contribution is 2.25. The van der Waals surface area contributed by atoms with Gasteiger partial charge in [0.1, 0.15) is 5.65 Å². The molecule has 0 atom stereocenters. The van der Waals surface area contributed by atoms with Gasteiger partial charge in [0.15, 0.2) is 0 Å². The Labute approximate surface area is 169 Å². The number of fused-ring (bicyclic) bond motifs is 1. The number of aryl methyl sites for hydroxylation is 1. The molecular formula is C23H25N5O. The molecule has 29 heavy (non-hydrogen) atoms. The van der Waals surface area contributed by atoms with E-state index in [1.165, 1.54) is 5.56 Å². The first-order valence-electron chi connectivity index (χ1n) is 9.84. The van der Waals surface area contributed by atoms with E-state index in [4.69, 9.17) is 5.73 Å². The molecule has 0 unspecified atom stereocenters. The molecule has 0 spiro atoms. The molecule has 148 valence electrons. The number of nitrogens with zero attached hydrogens (tertiary/aromatic N) is 2. The summed E-state index contributed by atoms with van der Waals surface area (Å²) < 4.78 is 1.59. The van der Waals surface area contributed by atoms with Gasteiger partial charge in [-0.2, -0.15) is 4.98 Å². The minimum atomic E-state index is -0.301. The Hall–Kier alpha value is -3.22. The van der Waals surface area contributed by atoms with Gasteiger partial charge in [0, 0.05) is 29.4 Å². The third-order valence-corrected chi connectivity index (χ3v) is 5.04. The number of benzene rings is 2. The Morgan fingerprint density at radius 3 is 2.69 bits per heavy atom. The number of aromatic amines is 1. The SMILES string of the molecule is Cc1ccccc1-c1cc2cn(-c3ccc(CNCCCN)cc3)c(=O)nc2[nH]1. The minimum absolute atomic E-state index is 0.301. The average molecular weight is 387 g/mol. The number of aromatic nitrogens is 3. The van der Waals surface area contributed by atoms with Gasteiger partial charge < -0.3 is 16.0 Å². The molecule has 2 aromatic carbocycles. The maximum Gasteiger partial charge on any atom is 0.354 e. The number of hydrogen-bond donors (Lipinski definition) is 3. The molecule has 0 saturated heterocycles. The molecule has 4 aromatic rings. The molecule has 4 rings (SSSR count). The van der Waals surface area contributed by atoms with Crippen molar-refractivity contribution in [1.29, 1.82) is 0 Å². The first-order valence-corrected chi connectivity index (χ1v) is 9.84. The van der Waals surface area contributed by atoms with Gasteiger partial charge in [-0.15, -0.1) is 0 Å². The third kappa shape index (κ3) is 4.13. The third-order valence-electron chi connectivity index (χ3n) is 5.04. The van der Waals surface area contributed by atoms with Crippen molar-refractivity contribution in [3.8, 4) is 16.9 Å². The van der Waals surface area contributed by atoms with Crippen LogP contribution in [0.2, 0.25) is 0 Å². The Kier molecular flexibility index (Phi) is 5.55. The molecule has 0 fully saturated rings. The van der Waals surface area contributed by atoms with Crippen molar-refractivity contribution in [1.82, 2.24) is 19.9 Å². The van der Waals surface area contributed by atoms with E-state index >= 15 is 0 Å². The van der Waals surface area contributed by atoms with E-state index in [-0.39, 0.29) is 5.69 Å². The molecular weight excluding hydrogens is 362 g/mol. The van der Waals surface area contributed by atoms with E-state index in [1.807, 2.05) is 48.7 Å². The summed E-state index contributed by atoms with van der Waals surface area (Å²) in [5.74, 6) is 0. The van der Waals surface area contributed by atoms with Gasteiger partial charge in [0.05, 0.1) is 5.69 Å². The van der Waals surface area contributed by atoms with E-state index in [0.717, 1.165) is 47.4 Å². The van der Waals surface area contributed by atoms with Gasteiger partial charge in [-0.1, -0.05) is 36.4 Å². The number of nitrogens with one attached hydrogen (secondary N) is 2. The second-order valence-corrected chi connectivity index (χ2v) is 7.18. The van der Waals surface area contributed by atoms with Crippen molar-refractivity contribution in [2.75, 3.05) is 13.1 Å². The van der Waals surface area contributed by atoms with Crippen molar-refractivity contribution < 1.29 is 0 Å². The lowest BCUT2D eigenvalue weighted by Crippen LogP contribution is -2.20. The second kappa shape index (κ2) is 8.43. The summed E-state index contributed by atoms with van der Waals surface area (Å²) in [7, 11) is 0. The van der Waals surface area contributed by atoms with Crippen LogP contribution in [0.4, 0.5) is 0 Å². The topological polar surface area (TPSA) is 88.7 Å². The lowest BCUT2D eigenvalue weighted by Gasteiger charge is -2.07. The molecule has 0 aliphatic heterocycles. The van der Waals surface area contributed by atoms with Crippen molar-refractivity contribution >= 4 is 11.0 Å². The molecule has 0 saturated carbocycles. The molecule has 6 heteroatoms. The van der Waals surface area contributed by atoms with E-state index in [2.05, 4.69) is 34.3 Å². The summed E-state index contributed by atoms with van der Waals surface area (Å²) >= 11 is 0. The van der Waals surface area contributed by atoms with Gasteiger partial charge in [0.2, 0.25) is 0 Å². The van der Waals surface area contributed by atoms with Crippen LogP contribution in [0.25, 0.3) is 28.0 Å². The smallest absolute Gasteiger partial charge is 0.339 e. The van der Waals surface area contributed by atoms with Crippen LogP contribution in [0.1, 0.15) is 17.5 Å². The van der Waals surface area contributed by atoms with Crippen molar-refractivity contribution in [3.05, 3.63) is 82.4 Å². The van der Waals surface area contributed by atoms with Crippen LogP contribution in [0, 0.1) is 6.92 Å². The summed E-state index contributed by atoms with van der Waals surface area (Å²) in [4.78, 5) is 20.1. The lowest BCUT2D eigenvalue weighted by molar-refractivity contribution is 0.655. The number of rotatable bonds is 7. The summed E-state index contributed by atoms with van der Waals surface area (Å²) in [6.45, 7) is 4.44. The van der Waals surface area contributed by atoms with E-state index in [1.54, 1.807) is 4.57 Å². The molecule has 0 bridgehead atoms. The van der Waals surface area contributed by atoms with Crippen LogP contribution < -0.4 is 16.7 Å². The zero-order valence-corrected chi connectivity index (χ0v) is 16.5. The van der Waals surface area contributed by atoms with Gasteiger partial charge in [-0.3, -0.25) is 4.57 Å². The molecule has 0 aliphatic rings.